The Hall–Kier alpha value is -3.57. The first-order valence-electron chi connectivity index (χ1n) is 10.9. The third-order valence-corrected chi connectivity index (χ3v) is 6.03. The molecule has 2 aliphatic heterocycles. The van der Waals surface area contributed by atoms with Crippen LogP contribution in [0.2, 0.25) is 0 Å². The fourth-order valence-corrected chi connectivity index (χ4v) is 4.54. The molecule has 182 valence electrons. The van der Waals surface area contributed by atoms with Crippen LogP contribution in [-0.4, -0.2) is 40.2 Å². The van der Waals surface area contributed by atoms with E-state index < -0.39 is 35.4 Å². The zero-order valence-corrected chi connectivity index (χ0v) is 18.5. The number of benzene rings is 1. The number of carbonyl (C=O) groups excluding carboxylic acids is 2. The fourth-order valence-electron chi connectivity index (χ4n) is 4.54. The van der Waals surface area contributed by atoms with E-state index in [0.29, 0.717) is 5.95 Å². The molecule has 12 heteroatoms. The van der Waals surface area contributed by atoms with Gasteiger partial charge in [-0.05, 0) is 45.2 Å². The highest BCUT2D eigenvalue weighted by atomic mass is 19.4. The molecule has 0 radical (unpaired) electrons. The van der Waals surface area contributed by atoms with Gasteiger partial charge in [0.05, 0.1) is 11.5 Å². The largest absolute Gasteiger partial charge is 0.573 e. The number of halogens is 3. The lowest BCUT2D eigenvalue weighted by molar-refractivity contribution is -0.274. The maximum atomic E-state index is 13.0. The number of ether oxygens (including phenoxy) is 1. The number of aromatic amines is 1. The molecule has 0 bridgehead atoms. The Morgan fingerprint density at radius 1 is 1.21 bits per heavy atom. The molecule has 0 saturated carbocycles. The fraction of sp³-hybridized carbons (Fsp3) is 0.455. The lowest BCUT2D eigenvalue weighted by Crippen LogP contribution is -2.46. The van der Waals surface area contributed by atoms with Gasteiger partial charge in [-0.25, -0.2) is 0 Å². The Kier molecular flexibility index (Phi) is 6.24. The van der Waals surface area contributed by atoms with Gasteiger partial charge in [-0.2, -0.15) is 4.98 Å². The minimum Gasteiger partial charge on any atom is -0.406 e. The zero-order chi connectivity index (χ0) is 24.6. The molecule has 1 saturated heterocycles. The molecule has 4 rings (SSSR count). The van der Waals surface area contributed by atoms with Gasteiger partial charge in [0.15, 0.2) is 0 Å². The summed E-state index contributed by atoms with van der Waals surface area (Å²) >= 11 is 0. The van der Waals surface area contributed by atoms with Crippen molar-refractivity contribution < 1.29 is 27.5 Å². The van der Waals surface area contributed by atoms with Gasteiger partial charge in [0.2, 0.25) is 17.8 Å². The molecule has 2 aromatic rings. The van der Waals surface area contributed by atoms with Crippen molar-refractivity contribution in [2.24, 2.45) is 0 Å². The predicted molar refractivity (Wildman–Crippen MR) is 118 cm³/mol. The first kappa shape index (κ1) is 23.6. The Balaban J connectivity index is 1.62. The van der Waals surface area contributed by atoms with E-state index in [1.54, 1.807) is 0 Å². The Labute approximate surface area is 192 Å². The first-order valence-corrected chi connectivity index (χ1v) is 10.9. The van der Waals surface area contributed by atoms with Crippen molar-refractivity contribution in [1.29, 1.82) is 0 Å². The number of aromatic nitrogens is 2. The van der Waals surface area contributed by atoms with Crippen LogP contribution in [0.1, 0.15) is 51.0 Å². The number of hydrogen-bond acceptors (Lipinski definition) is 6. The van der Waals surface area contributed by atoms with E-state index in [1.807, 2.05) is 18.7 Å². The van der Waals surface area contributed by atoms with Crippen molar-refractivity contribution in [3.63, 3.8) is 0 Å². The van der Waals surface area contributed by atoms with Crippen LogP contribution in [-0.2, 0) is 9.59 Å². The molecule has 1 aromatic carbocycles. The normalized spacial score (nSPS) is 22.6. The maximum absolute atomic E-state index is 13.0. The summed E-state index contributed by atoms with van der Waals surface area (Å²) in [5.41, 5.74) is -0.531. The van der Waals surface area contributed by atoms with E-state index in [1.165, 1.54) is 12.1 Å². The first-order chi connectivity index (χ1) is 16.0. The van der Waals surface area contributed by atoms with Gasteiger partial charge in [-0.3, -0.25) is 19.4 Å². The number of H-pyrrole nitrogens is 1. The van der Waals surface area contributed by atoms with Crippen molar-refractivity contribution >= 4 is 29.3 Å². The van der Waals surface area contributed by atoms with Gasteiger partial charge in [-0.15, -0.1) is 13.2 Å². The minimum absolute atomic E-state index is 0.000798. The highest BCUT2D eigenvalue weighted by Crippen LogP contribution is 2.33. The number of piperidine rings is 1. The van der Waals surface area contributed by atoms with E-state index in [0.717, 1.165) is 31.4 Å². The molecule has 3 N–H and O–H groups in total. The van der Waals surface area contributed by atoms with E-state index in [2.05, 4.69) is 25.3 Å². The molecule has 9 nitrogen and oxygen atoms in total. The molecular weight excluding hydrogens is 455 g/mol. The SMILES string of the molecule is C[C@@H]1CCC[C@@H](C)N1c1nc2c(c(=O)[nH]1)[C@@H](C(=O)Nc1cccc(OC(F)(F)F)c1)CC(=O)N2. The second kappa shape index (κ2) is 8.99. The topological polar surface area (TPSA) is 116 Å². The van der Waals surface area contributed by atoms with Crippen LogP contribution in [0, 0.1) is 0 Å². The molecule has 0 unspecified atom stereocenters. The average molecular weight is 479 g/mol. The summed E-state index contributed by atoms with van der Waals surface area (Å²) < 4.78 is 41.3. The number of nitrogens with zero attached hydrogens (tertiary/aromatic N) is 2. The number of amides is 2. The molecule has 2 aliphatic rings. The number of rotatable bonds is 4. The lowest BCUT2D eigenvalue weighted by Gasteiger charge is -2.39. The number of fused-ring (bicyclic) bond motifs is 1. The van der Waals surface area contributed by atoms with Crippen LogP contribution in [0.25, 0.3) is 0 Å². The van der Waals surface area contributed by atoms with E-state index in [9.17, 15) is 27.6 Å². The highest BCUT2D eigenvalue weighted by Gasteiger charge is 2.36. The van der Waals surface area contributed by atoms with E-state index in [4.69, 9.17) is 0 Å². The van der Waals surface area contributed by atoms with Gasteiger partial charge in [0, 0.05) is 30.3 Å². The molecular formula is C22H24F3N5O4. The Morgan fingerprint density at radius 2 is 1.91 bits per heavy atom. The van der Waals surface area contributed by atoms with Crippen molar-refractivity contribution in [1.82, 2.24) is 9.97 Å². The van der Waals surface area contributed by atoms with Crippen LogP contribution < -0.4 is 25.8 Å². The van der Waals surface area contributed by atoms with Gasteiger partial charge < -0.3 is 20.3 Å². The number of hydrogen-bond donors (Lipinski definition) is 3. The highest BCUT2D eigenvalue weighted by molar-refractivity contribution is 6.04. The summed E-state index contributed by atoms with van der Waals surface area (Å²) in [5.74, 6) is -2.57. The van der Waals surface area contributed by atoms with Crippen molar-refractivity contribution in [2.45, 2.75) is 63.9 Å². The van der Waals surface area contributed by atoms with Crippen molar-refractivity contribution in [3.05, 3.63) is 40.2 Å². The van der Waals surface area contributed by atoms with E-state index >= 15 is 0 Å². The van der Waals surface area contributed by atoms with Crippen molar-refractivity contribution in [3.8, 4) is 5.75 Å². The van der Waals surface area contributed by atoms with Crippen LogP contribution in [0.3, 0.4) is 0 Å². The molecule has 34 heavy (non-hydrogen) atoms. The molecule has 2 amide bonds. The van der Waals surface area contributed by atoms with Gasteiger partial charge in [0.1, 0.15) is 11.6 Å². The molecule has 0 aliphatic carbocycles. The maximum Gasteiger partial charge on any atom is 0.573 e. The van der Waals surface area contributed by atoms with Gasteiger partial charge >= 0.3 is 6.36 Å². The molecule has 3 atom stereocenters. The lowest BCUT2D eigenvalue weighted by atomic mass is 9.92. The minimum atomic E-state index is -4.89. The molecule has 1 aromatic heterocycles. The molecule has 1 fully saturated rings. The standard InChI is InChI=1S/C22H24F3N5O4/c1-11-5-3-6-12(2)30(11)21-28-18-17(20(33)29-21)15(10-16(31)27-18)19(32)26-13-7-4-8-14(9-13)34-22(23,24)25/h4,7-9,11-12,15H,3,5-6,10H2,1-2H3,(H,26,32)(H2,27,28,29,31,33)/t11-,12-,15+/m1/s1. The van der Waals surface area contributed by atoms with Gasteiger partial charge in [0.25, 0.3) is 5.56 Å². The summed E-state index contributed by atoms with van der Waals surface area (Å²) in [5, 5.41) is 5.03. The molecule has 0 spiro atoms. The summed E-state index contributed by atoms with van der Waals surface area (Å²) in [6, 6.07) is 5.00. The van der Waals surface area contributed by atoms with Crippen LogP contribution in [0.5, 0.6) is 5.75 Å². The van der Waals surface area contributed by atoms with E-state index in [-0.39, 0.29) is 35.6 Å². The summed E-state index contributed by atoms with van der Waals surface area (Å²) in [4.78, 5) is 47.5. The number of carbonyl (C=O) groups is 2. The van der Waals surface area contributed by atoms with Crippen LogP contribution >= 0.6 is 0 Å². The second-order valence-electron chi connectivity index (χ2n) is 8.56. The third-order valence-electron chi connectivity index (χ3n) is 6.03. The van der Waals surface area contributed by atoms with Crippen LogP contribution in [0.15, 0.2) is 29.1 Å². The average Bonchev–Trinajstić information content (AvgIpc) is 2.71. The third kappa shape index (κ3) is 5.00. The second-order valence-corrected chi connectivity index (χ2v) is 8.56. The quantitative estimate of drug-likeness (QED) is 0.618. The zero-order valence-electron chi connectivity index (χ0n) is 18.5. The number of alkyl halides is 3. The molecule has 3 heterocycles. The number of anilines is 3. The van der Waals surface area contributed by atoms with Crippen LogP contribution in [0.4, 0.5) is 30.6 Å². The van der Waals surface area contributed by atoms with Crippen molar-refractivity contribution in [2.75, 3.05) is 15.5 Å². The predicted octanol–water partition coefficient (Wildman–Crippen LogP) is 3.50. The Morgan fingerprint density at radius 3 is 2.59 bits per heavy atom. The monoisotopic (exact) mass is 479 g/mol. The summed E-state index contributed by atoms with van der Waals surface area (Å²) in [7, 11) is 0. The smallest absolute Gasteiger partial charge is 0.406 e. The summed E-state index contributed by atoms with van der Waals surface area (Å²) in [6.45, 7) is 4.06. The Bertz CT molecular complexity index is 1160. The summed E-state index contributed by atoms with van der Waals surface area (Å²) in [6.07, 6.45) is -2.28. The number of nitrogens with one attached hydrogen (secondary N) is 3. The van der Waals surface area contributed by atoms with Gasteiger partial charge in [-0.1, -0.05) is 6.07 Å².